The summed E-state index contributed by atoms with van der Waals surface area (Å²) in [5.41, 5.74) is 4.29. The molecule has 0 aliphatic rings. The molecule has 0 bridgehead atoms. The van der Waals surface area contributed by atoms with Crippen molar-refractivity contribution in [2.24, 2.45) is 0 Å². The smallest absolute Gasteiger partial charge is 0.273 e. The monoisotopic (exact) mass is 367 g/mol. The lowest BCUT2D eigenvalue weighted by Gasteiger charge is -2.04. The zero-order valence-corrected chi connectivity index (χ0v) is 14.9. The second-order valence-electron chi connectivity index (χ2n) is 5.73. The lowest BCUT2D eigenvalue weighted by Crippen LogP contribution is -2.13. The minimum absolute atomic E-state index is 0.193. The average Bonchev–Trinajstić information content (AvgIpc) is 3.16. The molecule has 4 rings (SSSR count). The first kappa shape index (κ1) is 15.9. The summed E-state index contributed by atoms with van der Waals surface area (Å²) < 4.78 is 1.82. The Bertz CT molecular complexity index is 1070. The SMILES string of the molecule is Cc1ccc(-c2cn3c(C(=O)Nc4cccc(Cl)c4)csc3n2)cc1. The van der Waals surface area contributed by atoms with Crippen molar-refractivity contribution in [2.75, 3.05) is 5.32 Å². The first-order chi connectivity index (χ1) is 12.1. The van der Waals surface area contributed by atoms with E-state index in [4.69, 9.17) is 11.6 Å². The Hall–Kier alpha value is -2.63. The van der Waals surface area contributed by atoms with E-state index >= 15 is 0 Å². The molecule has 0 spiro atoms. The molecule has 1 amide bonds. The van der Waals surface area contributed by atoms with Crippen molar-refractivity contribution < 1.29 is 4.79 Å². The third-order valence-electron chi connectivity index (χ3n) is 3.87. The fourth-order valence-corrected chi connectivity index (χ4v) is 3.62. The first-order valence-electron chi connectivity index (χ1n) is 7.71. The number of amides is 1. The second kappa shape index (κ2) is 6.35. The van der Waals surface area contributed by atoms with Crippen molar-refractivity contribution in [1.82, 2.24) is 9.38 Å². The van der Waals surface area contributed by atoms with E-state index < -0.39 is 0 Å². The molecule has 4 nitrogen and oxygen atoms in total. The Morgan fingerprint density at radius 1 is 1.20 bits per heavy atom. The normalized spacial score (nSPS) is 11.0. The van der Waals surface area contributed by atoms with E-state index in [1.165, 1.54) is 16.9 Å². The van der Waals surface area contributed by atoms with E-state index in [-0.39, 0.29) is 5.91 Å². The number of rotatable bonds is 3. The number of nitrogens with zero attached hydrogens (tertiary/aromatic N) is 2. The van der Waals surface area contributed by atoms with E-state index in [0.717, 1.165) is 16.2 Å². The third kappa shape index (κ3) is 3.16. The summed E-state index contributed by atoms with van der Waals surface area (Å²) in [6, 6.07) is 15.3. The first-order valence-corrected chi connectivity index (χ1v) is 8.96. The number of aryl methyl sites for hydroxylation is 1. The highest BCUT2D eigenvalue weighted by Gasteiger charge is 2.15. The van der Waals surface area contributed by atoms with Crippen LogP contribution in [0.4, 0.5) is 5.69 Å². The highest BCUT2D eigenvalue weighted by atomic mass is 35.5. The molecule has 124 valence electrons. The zero-order chi connectivity index (χ0) is 17.4. The van der Waals surface area contributed by atoms with Crippen LogP contribution in [0.2, 0.25) is 5.02 Å². The van der Waals surface area contributed by atoms with Crippen LogP contribution in [0.25, 0.3) is 16.2 Å². The van der Waals surface area contributed by atoms with Gasteiger partial charge in [0.15, 0.2) is 4.96 Å². The number of fused-ring (bicyclic) bond motifs is 1. The number of nitrogens with one attached hydrogen (secondary N) is 1. The van der Waals surface area contributed by atoms with Crippen LogP contribution in [0.15, 0.2) is 60.1 Å². The maximum Gasteiger partial charge on any atom is 0.273 e. The zero-order valence-electron chi connectivity index (χ0n) is 13.4. The molecule has 0 aliphatic heterocycles. The average molecular weight is 368 g/mol. The molecule has 2 aromatic carbocycles. The van der Waals surface area contributed by atoms with Crippen molar-refractivity contribution in [2.45, 2.75) is 6.92 Å². The molecule has 0 radical (unpaired) electrons. The number of anilines is 1. The Morgan fingerprint density at radius 2 is 2.00 bits per heavy atom. The summed E-state index contributed by atoms with van der Waals surface area (Å²) in [5, 5.41) is 5.26. The number of thiazole rings is 1. The minimum atomic E-state index is -0.193. The Balaban J connectivity index is 1.66. The molecular formula is C19H14ClN3OS. The predicted octanol–water partition coefficient (Wildman–Crippen LogP) is 5.28. The van der Waals surface area contributed by atoms with Crippen LogP contribution in [-0.2, 0) is 0 Å². The van der Waals surface area contributed by atoms with Crippen LogP contribution in [0.3, 0.4) is 0 Å². The van der Waals surface area contributed by atoms with Gasteiger partial charge in [-0.25, -0.2) is 4.98 Å². The standard InChI is InChI=1S/C19H14ClN3OS/c1-12-5-7-13(8-6-12)16-10-23-17(11-25-19(23)22-16)18(24)21-15-4-2-3-14(20)9-15/h2-11H,1H3,(H,21,24). The number of imidazole rings is 1. The lowest BCUT2D eigenvalue weighted by atomic mass is 10.1. The lowest BCUT2D eigenvalue weighted by molar-refractivity contribution is 0.102. The van der Waals surface area contributed by atoms with Gasteiger partial charge in [-0.15, -0.1) is 11.3 Å². The summed E-state index contributed by atoms with van der Waals surface area (Å²) in [5.74, 6) is -0.193. The number of aromatic nitrogens is 2. The summed E-state index contributed by atoms with van der Waals surface area (Å²) in [6.45, 7) is 2.05. The van der Waals surface area contributed by atoms with Gasteiger partial charge in [0.05, 0.1) is 5.69 Å². The Kier molecular flexibility index (Phi) is 4.03. The molecule has 0 saturated carbocycles. The summed E-state index contributed by atoms with van der Waals surface area (Å²) >= 11 is 7.41. The van der Waals surface area contributed by atoms with E-state index in [1.54, 1.807) is 29.6 Å². The van der Waals surface area contributed by atoms with Gasteiger partial charge in [0.1, 0.15) is 5.69 Å². The van der Waals surface area contributed by atoms with Gasteiger partial charge in [-0.1, -0.05) is 47.5 Å². The molecule has 0 atom stereocenters. The van der Waals surface area contributed by atoms with Crippen molar-refractivity contribution in [3.05, 3.63) is 76.4 Å². The molecule has 0 saturated heterocycles. The third-order valence-corrected chi connectivity index (χ3v) is 4.95. The molecule has 0 aliphatic carbocycles. The van der Waals surface area contributed by atoms with Crippen LogP contribution < -0.4 is 5.32 Å². The Labute approximate surface area is 153 Å². The highest BCUT2D eigenvalue weighted by Crippen LogP contribution is 2.25. The van der Waals surface area contributed by atoms with E-state index in [2.05, 4.69) is 22.4 Å². The van der Waals surface area contributed by atoms with E-state index in [0.29, 0.717) is 16.4 Å². The minimum Gasteiger partial charge on any atom is -0.321 e. The second-order valence-corrected chi connectivity index (χ2v) is 7.00. The van der Waals surface area contributed by atoms with Gasteiger partial charge in [-0.2, -0.15) is 0 Å². The molecular weight excluding hydrogens is 354 g/mol. The fraction of sp³-hybridized carbons (Fsp3) is 0.0526. The number of halogens is 1. The van der Waals surface area contributed by atoms with Crippen LogP contribution in [0.5, 0.6) is 0 Å². The highest BCUT2D eigenvalue weighted by molar-refractivity contribution is 7.15. The largest absolute Gasteiger partial charge is 0.321 e. The fourth-order valence-electron chi connectivity index (χ4n) is 2.57. The Morgan fingerprint density at radius 3 is 2.76 bits per heavy atom. The van der Waals surface area contributed by atoms with Gasteiger partial charge >= 0.3 is 0 Å². The molecule has 4 aromatic rings. The molecule has 1 N–H and O–H groups in total. The van der Waals surface area contributed by atoms with Crippen molar-refractivity contribution >= 4 is 39.5 Å². The van der Waals surface area contributed by atoms with Crippen LogP contribution in [-0.4, -0.2) is 15.3 Å². The summed E-state index contributed by atoms with van der Waals surface area (Å²) in [7, 11) is 0. The molecule has 0 unspecified atom stereocenters. The predicted molar refractivity (Wildman–Crippen MR) is 103 cm³/mol. The van der Waals surface area contributed by atoms with Gasteiger partial charge in [-0.3, -0.25) is 9.20 Å². The van der Waals surface area contributed by atoms with Crippen LogP contribution >= 0.6 is 22.9 Å². The number of hydrogen-bond acceptors (Lipinski definition) is 3. The van der Waals surface area contributed by atoms with E-state index in [9.17, 15) is 4.79 Å². The van der Waals surface area contributed by atoms with Crippen molar-refractivity contribution in [1.29, 1.82) is 0 Å². The molecule has 25 heavy (non-hydrogen) atoms. The summed E-state index contributed by atoms with van der Waals surface area (Å²) in [4.78, 5) is 18.0. The van der Waals surface area contributed by atoms with E-state index in [1.807, 2.05) is 29.7 Å². The summed E-state index contributed by atoms with van der Waals surface area (Å²) in [6.07, 6.45) is 1.89. The molecule has 2 heterocycles. The quantitative estimate of drug-likeness (QED) is 0.535. The van der Waals surface area contributed by atoms with Gasteiger partial charge in [0.25, 0.3) is 5.91 Å². The van der Waals surface area contributed by atoms with Gasteiger partial charge in [0, 0.05) is 27.9 Å². The van der Waals surface area contributed by atoms with Gasteiger partial charge in [-0.05, 0) is 25.1 Å². The molecule has 2 aromatic heterocycles. The maximum absolute atomic E-state index is 12.6. The van der Waals surface area contributed by atoms with Crippen molar-refractivity contribution in [3.63, 3.8) is 0 Å². The number of carbonyl (C=O) groups excluding carboxylic acids is 1. The number of hydrogen-bond donors (Lipinski definition) is 1. The van der Waals surface area contributed by atoms with Gasteiger partial charge < -0.3 is 5.32 Å². The van der Waals surface area contributed by atoms with Gasteiger partial charge in [0.2, 0.25) is 0 Å². The van der Waals surface area contributed by atoms with Crippen LogP contribution in [0.1, 0.15) is 16.1 Å². The maximum atomic E-state index is 12.6. The van der Waals surface area contributed by atoms with Crippen molar-refractivity contribution in [3.8, 4) is 11.3 Å². The topological polar surface area (TPSA) is 46.4 Å². The number of benzene rings is 2. The van der Waals surface area contributed by atoms with Crippen LogP contribution in [0, 0.1) is 6.92 Å². The molecule has 0 fully saturated rings. The molecule has 6 heteroatoms. The number of carbonyl (C=O) groups is 1.